The minimum Gasteiger partial charge on any atom is -0.394 e. The maximum absolute atomic E-state index is 12.2. The van der Waals surface area contributed by atoms with Gasteiger partial charge < -0.3 is 30.1 Å². The van der Waals surface area contributed by atoms with Gasteiger partial charge in [-0.2, -0.15) is 0 Å². The number of carbonyl (C=O) groups excluding carboxylic acids is 1. The van der Waals surface area contributed by atoms with Gasteiger partial charge in [0.15, 0.2) is 6.23 Å². The smallest absolute Gasteiger partial charge is 0.224 e. The van der Waals surface area contributed by atoms with Crippen LogP contribution in [0.5, 0.6) is 0 Å². The molecule has 4 N–H and O–H groups in total. The molecule has 7 nitrogen and oxygen atoms in total. The number of amides is 1. The SMILES string of the molecule is CCCCCCCCC(=O)N(C)[C@@H]1O[C@H](CO)[C@@H](O)[C@H](O)[C@H]1O. The van der Waals surface area contributed by atoms with Gasteiger partial charge in [0.2, 0.25) is 5.91 Å². The van der Waals surface area contributed by atoms with Crippen molar-refractivity contribution in [3.05, 3.63) is 0 Å². The lowest BCUT2D eigenvalue weighted by molar-refractivity contribution is -0.259. The van der Waals surface area contributed by atoms with Gasteiger partial charge in [-0.15, -0.1) is 0 Å². The average Bonchev–Trinajstić information content (AvgIpc) is 2.55. The largest absolute Gasteiger partial charge is 0.394 e. The summed E-state index contributed by atoms with van der Waals surface area (Å²) < 4.78 is 5.37. The molecule has 0 aliphatic carbocycles. The highest BCUT2D eigenvalue weighted by Crippen LogP contribution is 2.23. The molecule has 0 aromatic rings. The van der Waals surface area contributed by atoms with E-state index in [1.54, 1.807) is 0 Å². The zero-order chi connectivity index (χ0) is 17.4. The molecule has 0 aromatic heterocycles. The second-order valence-corrected chi connectivity index (χ2v) is 6.24. The molecule has 1 aliphatic rings. The molecule has 1 aliphatic heterocycles. The number of aliphatic hydroxyl groups is 4. The molecule has 0 aromatic carbocycles. The van der Waals surface area contributed by atoms with Crippen LogP contribution in [0.15, 0.2) is 0 Å². The molecule has 7 heteroatoms. The molecule has 1 saturated heterocycles. The Hall–Kier alpha value is -0.730. The van der Waals surface area contributed by atoms with E-state index in [4.69, 9.17) is 9.84 Å². The second-order valence-electron chi connectivity index (χ2n) is 6.24. The van der Waals surface area contributed by atoms with Crippen molar-refractivity contribution >= 4 is 5.91 Å². The summed E-state index contributed by atoms with van der Waals surface area (Å²) >= 11 is 0. The number of hydrogen-bond donors (Lipinski definition) is 4. The van der Waals surface area contributed by atoms with Crippen molar-refractivity contribution in [1.29, 1.82) is 0 Å². The van der Waals surface area contributed by atoms with E-state index in [1.165, 1.54) is 31.2 Å². The van der Waals surface area contributed by atoms with Gasteiger partial charge in [0, 0.05) is 13.5 Å². The van der Waals surface area contributed by atoms with E-state index in [-0.39, 0.29) is 5.91 Å². The minimum atomic E-state index is -1.46. The fourth-order valence-electron chi connectivity index (χ4n) is 2.78. The van der Waals surface area contributed by atoms with E-state index in [1.807, 2.05) is 0 Å². The molecule has 0 spiro atoms. The van der Waals surface area contributed by atoms with E-state index in [2.05, 4.69) is 6.92 Å². The summed E-state index contributed by atoms with van der Waals surface area (Å²) in [4.78, 5) is 13.4. The zero-order valence-corrected chi connectivity index (χ0v) is 14.1. The number of rotatable bonds is 9. The first-order valence-corrected chi connectivity index (χ1v) is 8.50. The molecule has 23 heavy (non-hydrogen) atoms. The van der Waals surface area contributed by atoms with Gasteiger partial charge in [0.05, 0.1) is 6.61 Å². The van der Waals surface area contributed by atoms with Gasteiger partial charge in [-0.25, -0.2) is 0 Å². The van der Waals surface area contributed by atoms with Crippen LogP contribution in [-0.2, 0) is 9.53 Å². The molecule has 5 atom stereocenters. The number of likely N-dealkylation sites (N-methyl/N-ethyl adjacent to an activating group) is 1. The van der Waals surface area contributed by atoms with E-state index in [0.717, 1.165) is 19.3 Å². The van der Waals surface area contributed by atoms with E-state index in [9.17, 15) is 20.1 Å². The molecule has 0 saturated carbocycles. The summed E-state index contributed by atoms with van der Waals surface area (Å²) in [6.07, 6.45) is 0.405. The fourth-order valence-corrected chi connectivity index (χ4v) is 2.78. The zero-order valence-electron chi connectivity index (χ0n) is 14.1. The first-order chi connectivity index (χ1) is 10.9. The Balaban J connectivity index is 2.45. The lowest BCUT2D eigenvalue weighted by Crippen LogP contribution is -2.63. The number of nitrogens with zero attached hydrogens (tertiary/aromatic N) is 1. The van der Waals surface area contributed by atoms with Crippen LogP contribution in [0.4, 0.5) is 0 Å². The van der Waals surface area contributed by atoms with Crippen LogP contribution < -0.4 is 0 Å². The van der Waals surface area contributed by atoms with Crippen molar-refractivity contribution in [2.24, 2.45) is 0 Å². The first-order valence-electron chi connectivity index (χ1n) is 8.50. The Morgan fingerprint density at radius 3 is 2.22 bits per heavy atom. The van der Waals surface area contributed by atoms with Gasteiger partial charge in [-0.3, -0.25) is 4.79 Å². The lowest BCUT2D eigenvalue weighted by atomic mass is 9.97. The summed E-state index contributed by atoms with van der Waals surface area (Å²) in [5.41, 5.74) is 0. The number of carbonyl (C=O) groups is 1. The quantitative estimate of drug-likeness (QED) is 0.442. The Labute approximate surface area is 137 Å². The van der Waals surface area contributed by atoms with Crippen molar-refractivity contribution in [1.82, 2.24) is 4.90 Å². The number of hydrogen-bond acceptors (Lipinski definition) is 6. The van der Waals surface area contributed by atoms with Crippen LogP contribution in [-0.4, -0.2) is 75.5 Å². The predicted octanol–water partition coefficient (Wildman–Crippen LogP) is -0.00470. The normalized spacial score (nSPS) is 31.1. The van der Waals surface area contributed by atoms with Crippen molar-refractivity contribution in [2.75, 3.05) is 13.7 Å². The van der Waals surface area contributed by atoms with Crippen molar-refractivity contribution < 1.29 is 30.0 Å². The summed E-state index contributed by atoms with van der Waals surface area (Å²) in [6.45, 7) is 1.65. The highest BCUT2D eigenvalue weighted by atomic mass is 16.6. The van der Waals surface area contributed by atoms with Crippen LogP contribution in [0.2, 0.25) is 0 Å². The summed E-state index contributed by atoms with van der Waals surface area (Å²) in [6, 6.07) is 0. The molecular formula is C16H31NO6. The van der Waals surface area contributed by atoms with E-state index in [0.29, 0.717) is 6.42 Å². The first kappa shape index (κ1) is 20.3. The second kappa shape index (κ2) is 10.2. The van der Waals surface area contributed by atoms with Gasteiger partial charge >= 0.3 is 0 Å². The highest BCUT2D eigenvalue weighted by molar-refractivity contribution is 5.76. The number of unbranched alkanes of at least 4 members (excludes halogenated alkanes) is 5. The van der Waals surface area contributed by atoms with Crippen molar-refractivity contribution in [3.8, 4) is 0 Å². The third-order valence-corrected chi connectivity index (χ3v) is 4.39. The Bertz CT molecular complexity index is 351. The Morgan fingerprint density at radius 1 is 1.00 bits per heavy atom. The molecular weight excluding hydrogens is 302 g/mol. The van der Waals surface area contributed by atoms with Crippen LogP contribution in [0, 0.1) is 0 Å². The van der Waals surface area contributed by atoms with Gasteiger partial charge in [0.25, 0.3) is 0 Å². The fraction of sp³-hybridized carbons (Fsp3) is 0.938. The molecule has 0 radical (unpaired) electrons. The number of aliphatic hydroxyl groups excluding tert-OH is 4. The molecule has 1 rings (SSSR count). The van der Waals surface area contributed by atoms with Crippen LogP contribution >= 0.6 is 0 Å². The van der Waals surface area contributed by atoms with Gasteiger partial charge in [0.1, 0.15) is 24.4 Å². The third kappa shape index (κ3) is 5.69. The highest BCUT2D eigenvalue weighted by Gasteiger charge is 2.45. The van der Waals surface area contributed by atoms with Crippen LogP contribution in [0.3, 0.4) is 0 Å². The van der Waals surface area contributed by atoms with E-state index < -0.39 is 37.3 Å². The van der Waals surface area contributed by atoms with Crippen molar-refractivity contribution in [2.45, 2.75) is 82.5 Å². The van der Waals surface area contributed by atoms with Crippen molar-refractivity contribution in [3.63, 3.8) is 0 Å². The topological polar surface area (TPSA) is 110 Å². The third-order valence-electron chi connectivity index (χ3n) is 4.39. The van der Waals surface area contributed by atoms with Crippen LogP contribution in [0.1, 0.15) is 51.9 Å². The number of ether oxygens (including phenoxy) is 1. The summed E-state index contributed by atoms with van der Waals surface area (Å²) in [5.74, 6) is -0.190. The summed E-state index contributed by atoms with van der Waals surface area (Å²) in [5, 5.41) is 38.7. The predicted molar refractivity (Wildman–Crippen MR) is 84.5 cm³/mol. The molecule has 0 unspecified atom stereocenters. The van der Waals surface area contributed by atoms with E-state index >= 15 is 0 Å². The lowest BCUT2D eigenvalue weighted by Gasteiger charge is -2.43. The maximum Gasteiger partial charge on any atom is 0.224 e. The molecule has 1 amide bonds. The Morgan fingerprint density at radius 2 is 1.61 bits per heavy atom. The van der Waals surface area contributed by atoms with Crippen LogP contribution in [0.25, 0.3) is 0 Å². The standard InChI is InChI=1S/C16H31NO6/c1-3-4-5-6-7-8-9-12(19)17(2)16-15(22)14(21)13(20)11(10-18)23-16/h11,13-16,18,20-22H,3-10H2,1-2H3/t11-,13-,14+,15-,16-/m1/s1. The molecule has 1 fully saturated rings. The molecule has 136 valence electrons. The Kier molecular flexibility index (Phi) is 9.01. The average molecular weight is 333 g/mol. The monoisotopic (exact) mass is 333 g/mol. The molecule has 0 bridgehead atoms. The van der Waals surface area contributed by atoms with Gasteiger partial charge in [-0.05, 0) is 6.42 Å². The minimum absolute atomic E-state index is 0.190. The van der Waals surface area contributed by atoms with Gasteiger partial charge in [-0.1, -0.05) is 39.0 Å². The summed E-state index contributed by atoms with van der Waals surface area (Å²) in [7, 11) is 1.49. The molecule has 1 heterocycles. The maximum atomic E-state index is 12.2.